The number of aromatic nitrogens is 2. The second-order valence-corrected chi connectivity index (χ2v) is 9.44. The second kappa shape index (κ2) is 8.46. The first-order valence-electron chi connectivity index (χ1n) is 11.0. The van der Waals surface area contributed by atoms with E-state index < -0.39 is 0 Å². The first-order valence-corrected chi connectivity index (χ1v) is 11.4. The third-order valence-corrected chi connectivity index (χ3v) is 6.72. The van der Waals surface area contributed by atoms with Crippen LogP contribution in [0.3, 0.4) is 0 Å². The van der Waals surface area contributed by atoms with E-state index in [1.807, 2.05) is 12.3 Å². The standard InChI is InChI=1S/C26H32N4S/c1-16(2)15-29-25(24(28-26(29)31)22-11-7-8-13-27-22)21-14-18(4)30(20(21)6)23-12-9-10-17(3)19(23)5/h7-14,16,24-25H,15H2,1-6H3,(H,28,31)/t24-,25-/m1/s1. The lowest BCUT2D eigenvalue weighted by Crippen LogP contribution is -2.33. The van der Waals surface area contributed by atoms with Crippen molar-refractivity contribution in [2.75, 3.05) is 6.54 Å². The molecule has 1 aromatic carbocycles. The Bertz CT molecular complexity index is 1100. The van der Waals surface area contributed by atoms with Crippen LogP contribution in [0.1, 0.15) is 59.7 Å². The number of nitrogens with one attached hydrogen (secondary N) is 1. The monoisotopic (exact) mass is 432 g/mol. The van der Waals surface area contributed by atoms with E-state index >= 15 is 0 Å². The van der Waals surface area contributed by atoms with Crippen LogP contribution in [0.15, 0.2) is 48.7 Å². The van der Waals surface area contributed by atoms with Crippen molar-refractivity contribution in [3.05, 3.63) is 82.4 Å². The highest BCUT2D eigenvalue weighted by atomic mass is 32.1. The van der Waals surface area contributed by atoms with E-state index in [0.29, 0.717) is 5.92 Å². The van der Waals surface area contributed by atoms with Crippen molar-refractivity contribution in [1.29, 1.82) is 0 Å². The molecule has 4 rings (SSSR count). The van der Waals surface area contributed by atoms with E-state index in [0.717, 1.165) is 17.4 Å². The summed E-state index contributed by atoms with van der Waals surface area (Å²) in [6.45, 7) is 14.2. The van der Waals surface area contributed by atoms with Crippen LogP contribution < -0.4 is 5.32 Å². The predicted octanol–water partition coefficient (Wildman–Crippen LogP) is 5.73. The van der Waals surface area contributed by atoms with E-state index in [2.05, 4.69) is 97.7 Å². The van der Waals surface area contributed by atoms with Crippen molar-refractivity contribution in [1.82, 2.24) is 19.8 Å². The Morgan fingerprint density at radius 3 is 2.52 bits per heavy atom. The Morgan fingerprint density at radius 2 is 1.84 bits per heavy atom. The first-order chi connectivity index (χ1) is 14.8. The van der Waals surface area contributed by atoms with Gasteiger partial charge in [-0.3, -0.25) is 4.98 Å². The van der Waals surface area contributed by atoms with E-state index in [-0.39, 0.29) is 12.1 Å². The second-order valence-electron chi connectivity index (χ2n) is 9.05. The van der Waals surface area contributed by atoms with Crippen LogP contribution in [0.2, 0.25) is 0 Å². The molecule has 1 saturated heterocycles. The molecule has 0 spiro atoms. The fourth-order valence-corrected chi connectivity index (χ4v) is 5.08. The van der Waals surface area contributed by atoms with E-state index in [1.165, 1.54) is 33.8 Å². The van der Waals surface area contributed by atoms with Gasteiger partial charge in [-0.25, -0.2) is 0 Å². The lowest BCUT2D eigenvalue weighted by atomic mass is 9.96. The van der Waals surface area contributed by atoms with E-state index in [4.69, 9.17) is 12.2 Å². The van der Waals surface area contributed by atoms with Gasteiger partial charge < -0.3 is 14.8 Å². The molecule has 4 nitrogen and oxygen atoms in total. The first kappa shape index (κ1) is 21.6. The largest absolute Gasteiger partial charge is 0.352 e. The lowest BCUT2D eigenvalue weighted by molar-refractivity contribution is 0.287. The Balaban J connectivity index is 1.86. The minimum Gasteiger partial charge on any atom is -0.352 e. The maximum Gasteiger partial charge on any atom is 0.170 e. The predicted molar refractivity (Wildman–Crippen MR) is 132 cm³/mol. The molecule has 31 heavy (non-hydrogen) atoms. The number of nitrogens with zero attached hydrogens (tertiary/aromatic N) is 3. The molecular weight excluding hydrogens is 400 g/mol. The summed E-state index contributed by atoms with van der Waals surface area (Å²) in [5, 5.41) is 4.39. The Morgan fingerprint density at radius 1 is 1.06 bits per heavy atom. The van der Waals surface area contributed by atoms with Crippen LogP contribution >= 0.6 is 12.2 Å². The van der Waals surface area contributed by atoms with Crippen molar-refractivity contribution in [2.45, 2.75) is 53.6 Å². The van der Waals surface area contributed by atoms with E-state index in [9.17, 15) is 0 Å². The molecule has 3 heterocycles. The Labute approximate surface area is 191 Å². The SMILES string of the molecule is Cc1cccc(-n2c(C)cc([C@@H]3[C@@H](c4ccccn4)NC(=S)N3CC(C)C)c2C)c1C. The molecule has 162 valence electrons. The van der Waals surface area contributed by atoms with Gasteiger partial charge in [0.25, 0.3) is 0 Å². The summed E-state index contributed by atoms with van der Waals surface area (Å²) in [5.41, 5.74) is 8.71. The molecule has 5 heteroatoms. The molecule has 0 aliphatic carbocycles. The van der Waals surface area contributed by atoms with Crippen molar-refractivity contribution in [3.8, 4) is 5.69 Å². The Kier molecular flexibility index (Phi) is 5.89. The lowest BCUT2D eigenvalue weighted by Gasteiger charge is -2.29. The molecular formula is C26H32N4S. The molecule has 2 atom stereocenters. The topological polar surface area (TPSA) is 33.1 Å². The van der Waals surface area contributed by atoms with Crippen LogP contribution in [0, 0.1) is 33.6 Å². The summed E-state index contributed by atoms with van der Waals surface area (Å²) in [6.07, 6.45) is 1.86. The Hall–Kier alpha value is -2.66. The van der Waals surface area contributed by atoms with Gasteiger partial charge in [-0.2, -0.15) is 0 Å². The molecule has 1 N–H and O–H groups in total. The zero-order chi connectivity index (χ0) is 22.3. The van der Waals surface area contributed by atoms with Crippen LogP contribution in [0.5, 0.6) is 0 Å². The van der Waals surface area contributed by atoms with Gasteiger partial charge in [-0.05, 0) is 86.8 Å². The molecule has 0 saturated carbocycles. The number of hydrogen-bond donors (Lipinski definition) is 1. The third-order valence-electron chi connectivity index (χ3n) is 6.37. The van der Waals surface area contributed by atoms with Crippen molar-refractivity contribution in [3.63, 3.8) is 0 Å². The maximum absolute atomic E-state index is 5.81. The van der Waals surface area contributed by atoms with Gasteiger partial charge in [0.05, 0.1) is 17.8 Å². The quantitative estimate of drug-likeness (QED) is 0.522. The summed E-state index contributed by atoms with van der Waals surface area (Å²) in [5.74, 6) is 0.507. The average Bonchev–Trinajstić information content (AvgIpc) is 3.20. The van der Waals surface area contributed by atoms with Gasteiger partial charge in [0.1, 0.15) is 0 Å². The molecule has 2 aromatic heterocycles. The van der Waals surface area contributed by atoms with Gasteiger partial charge >= 0.3 is 0 Å². The van der Waals surface area contributed by atoms with E-state index in [1.54, 1.807) is 0 Å². The zero-order valence-electron chi connectivity index (χ0n) is 19.3. The van der Waals surface area contributed by atoms with Crippen LogP contribution in [0.4, 0.5) is 0 Å². The van der Waals surface area contributed by atoms with Crippen LogP contribution in [-0.4, -0.2) is 26.1 Å². The minimum absolute atomic E-state index is 0.0278. The number of hydrogen-bond acceptors (Lipinski definition) is 2. The van der Waals surface area contributed by atoms with Gasteiger partial charge in [-0.1, -0.05) is 32.0 Å². The van der Waals surface area contributed by atoms with Crippen molar-refractivity contribution in [2.24, 2.45) is 5.92 Å². The number of pyridine rings is 1. The fourth-order valence-electron chi connectivity index (χ4n) is 4.77. The summed E-state index contributed by atoms with van der Waals surface area (Å²) in [7, 11) is 0. The molecule has 0 bridgehead atoms. The average molecular weight is 433 g/mol. The molecule has 0 radical (unpaired) electrons. The van der Waals surface area contributed by atoms with Gasteiger partial charge in [0.15, 0.2) is 5.11 Å². The van der Waals surface area contributed by atoms with Crippen LogP contribution in [0.25, 0.3) is 5.69 Å². The normalized spacial score (nSPS) is 18.7. The highest BCUT2D eigenvalue weighted by Gasteiger charge is 2.41. The third kappa shape index (κ3) is 3.87. The van der Waals surface area contributed by atoms with Crippen LogP contribution in [-0.2, 0) is 0 Å². The maximum atomic E-state index is 5.81. The number of thiocarbonyl (C=S) groups is 1. The smallest absolute Gasteiger partial charge is 0.170 e. The van der Waals surface area contributed by atoms with Gasteiger partial charge in [0, 0.05) is 29.8 Å². The summed E-state index contributed by atoms with van der Waals surface area (Å²) in [4.78, 5) is 7.03. The summed E-state index contributed by atoms with van der Waals surface area (Å²) >= 11 is 5.81. The molecule has 1 aliphatic heterocycles. The van der Waals surface area contributed by atoms with Crippen molar-refractivity contribution >= 4 is 17.3 Å². The number of aryl methyl sites for hydroxylation is 2. The number of rotatable bonds is 5. The molecule has 0 unspecified atom stereocenters. The molecule has 1 fully saturated rings. The summed E-state index contributed by atoms with van der Waals surface area (Å²) < 4.78 is 2.39. The highest BCUT2D eigenvalue weighted by molar-refractivity contribution is 7.80. The molecule has 3 aromatic rings. The number of benzene rings is 1. The molecule has 0 amide bonds. The van der Waals surface area contributed by atoms with Gasteiger partial charge in [0.2, 0.25) is 0 Å². The van der Waals surface area contributed by atoms with Crippen molar-refractivity contribution < 1.29 is 0 Å². The minimum atomic E-state index is 0.0278. The fraction of sp³-hybridized carbons (Fsp3) is 0.385. The summed E-state index contributed by atoms with van der Waals surface area (Å²) in [6, 6.07) is 15.1. The zero-order valence-corrected chi connectivity index (χ0v) is 20.1. The van der Waals surface area contributed by atoms with Gasteiger partial charge in [-0.15, -0.1) is 0 Å². The molecule has 1 aliphatic rings. The highest BCUT2D eigenvalue weighted by Crippen LogP contribution is 2.42.